The van der Waals surface area contributed by atoms with Crippen LogP contribution in [0.25, 0.3) is 0 Å². The molecule has 0 spiro atoms. The van der Waals surface area contributed by atoms with Gasteiger partial charge in [-0.15, -0.1) is 0 Å². The van der Waals surface area contributed by atoms with Gasteiger partial charge in [-0.1, -0.05) is 17.3 Å². The minimum Gasteiger partial charge on any atom is -0.409 e. The summed E-state index contributed by atoms with van der Waals surface area (Å²) >= 11 is 0. The van der Waals surface area contributed by atoms with E-state index in [9.17, 15) is 0 Å². The third-order valence-electron chi connectivity index (χ3n) is 2.91. The molecule has 0 aromatic heterocycles. The molecule has 0 amide bonds. The molecule has 4 N–H and O–H groups in total. The van der Waals surface area contributed by atoms with E-state index in [-0.39, 0.29) is 0 Å². The fourth-order valence-electron chi connectivity index (χ4n) is 1.65. The number of rotatable bonds is 6. The SMILES string of the molecule is Cc1cccc(NCCCCC(N)=NO)c1C. The number of nitrogens with zero attached hydrogens (tertiary/aromatic N) is 1. The van der Waals surface area contributed by atoms with Crippen molar-refractivity contribution in [1.82, 2.24) is 0 Å². The Balaban J connectivity index is 2.29. The molecule has 0 radical (unpaired) electrons. The van der Waals surface area contributed by atoms with Crippen LogP contribution >= 0.6 is 0 Å². The van der Waals surface area contributed by atoms with Gasteiger partial charge in [0.25, 0.3) is 0 Å². The number of amidine groups is 1. The molecule has 0 atom stereocenters. The predicted molar refractivity (Wildman–Crippen MR) is 71.7 cm³/mol. The highest BCUT2D eigenvalue weighted by Crippen LogP contribution is 2.17. The van der Waals surface area contributed by atoms with Crippen LogP contribution in [0.4, 0.5) is 5.69 Å². The maximum Gasteiger partial charge on any atom is 0.139 e. The van der Waals surface area contributed by atoms with Crippen LogP contribution in [0, 0.1) is 13.8 Å². The second-order valence-electron chi connectivity index (χ2n) is 4.22. The van der Waals surface area contributed by atoms with Crippen molar-refractivity contribution in [2.45, 2.75) is 33.1 Å². The maximum absolute atomic E-state index is 8.38. The monoisotopic (exact) mass is 235 g/mol. The minimum atomic E-state index is 0.303. The molecular formula is C13H21N3O. The molecule has 0 aliphatic heterocycles. The number of nitrogens with two attached hydrogens (primary N) is 1. The van der Waals surface area contributed by atoms with Crippen molar-refractivity contribution in [1.29, 1.82) is 0 Å². The molecule has 4 nitrogen and oxygen atoms in total. The molecule has 0 fully saturated rings. The van der Waals surface area contributed by atoms with Gasteiger partial charge in [0.05, 0.1) is 0 Å². The molecule has 4 heteroatoms. The van der Waals surface area contributed by atoms with Gasteiger partial charge in [0.1, 0.15) is 5.84 Å². The molecule has 1 aromatic rings. The van der Waals surface area contributed by atoms with E-state index in [1.807, 2.05) is 0 Å². The van der Waals surface area contributed by atoms with Crippen molar-refractivity contribution in [3.63, 3.8) is 0 Å². The zero-order valence-corrected chi connectivity index (χ0v) is 10.5. The van der Waals surface area contributed by atoms with Crippen LogP contribution in [-0.4, -0.2) is 17.6 Å². The summed E-state index contributed by atoms with van der Waals surface area (Å²) in [6.07, 6.45) is 2.57. The summed E-state index contributed by atoms with van der Waals surface area (Å²) in [7, 11) is 0. The molecule has 0 heterocycles. The highest BCUT2D eigenvalue weighted by Gasteiger charge is 1.99. The Labute approximate surface area is 103 Å². The van der Waals surface area contributed by atoms with Gasteiger partial charge in [-0.2, -0.15) is 0 Å². The summed E-state index contributed by atoms with van der Waals surface area (Å²) in [6.45, 7) is 5.13. The Morgan fingerprint density at radius 1 is 1.35 bits per heavy atom. The molecule has 0 saturated carbocycles. The normalized spacial score (nSPS) is 11.5. The fraction of sp³-hybridized carbons (Fsp3) is 0.462. The Morgan fingerprint density at radius 2 is 2.12 bits per heavy atom. The lowest BCUT2D eigenvalue weighted by Gasteiger charge is -2.11. The molecular weight excluding hydrogens is 214 g/mol. The minimum absolute atomic E-state index is 0.303. The van der Waals surface area contributed by atoms with Gasteiger partial charge < -0.3 is 16.3 Å². The summed E-state index contributed by atoms with van der Waals surface area (Å²) in [5.74, 6) is 0.303. The Kier molecular flexibility index (Phi) is 5.33. The van der Waals surface area contributed by atoms with Crippen LogP contribution in [0.5, 0.6) is 0 Å². The second-order valence-corrected chi connectivity index (χ2v) is 4.22. The van der Waals surface area contributed by atoms with Crippen molar-refractivity contribution in [3.8, 4) is 0 Å². The van der Waals surface area contributed by atoms with Gasteiger partial charge in [0, 0.05) is 18.7 Å². The summed E-state index contributed by atoms with van der Waals surface area (Å²) in [4.78, 5) is 0. The first-order valence-corrected chi connectivity index (χ1v) is 5.91. The first kappa shape index (κ1) is 13.4. The molecule has 94 valence electrons. The number of anilines is 1. The lowest BCUT2D eigenvalue weighted by atomic mass is 10.1. The molecule has 1 aromatic carbocycles. The van der Waals surface area contributed by atoms with Crippen molar-refractivity contribution in [3.05, 3.63) is 29.3 Å². The topological polar surface area (TPSA) is 70.6 Å². The molecule has 0 aliphatic rings. The summed E-state index contributed by atoms with van der Waals surface area (Å²) < 4.78 is 0. The largest absolute Gasteiger partial charge is 0.409 e. The number of benzene rings is 1. The first-order valence-electron chi connectivity index (χ1n) is 5.91. The quantitative estimate of drug-likeness (QED) is 0.233. The zero-order chi connectivity index (χ0) is 12.7. The van der Waals surface area contributed by atoms with Crippen LogP contribution in [0.3, 0.4) is 0 Å². The van der Waals surface area contributed by atoms with Crippen LogP contribution in [0.2, 0.25) is 0 Å². The number of hydrogen-bond donors (Lipinski definition) is 3. The fourth-order valence-corrected chi connectivity index (χ4v) is 1.65. The van der Waals surface area contributed by atoms with Gasteiger partial charge in [0.2, 0.25) is 0 Å². The lowest BCUT2D eigenvalue weighted by Crippen LogP contribution is -2.12. The molecule has 0 unspecified atom stereocenters. The smallest absolute Gasteiger partial charge is 0.139 e. The summed E-state index contributed by atoms with van der Waals surface area (Å²) in [6, 6.07) is 6.26. The summed E-state index contributed by atoms with van der Waals surface area (Å²) in [5, 5.41) is 14.7. The number of nitrogens with one attached hydrogen (secondary N) is 1. The molecule has 0 bridgehead atoms. The van der Waals surface area contributed by atoms with Crippen LogP contribution < -0.4 is 11.1 Å². The van der Waals surface area contributed by atoms with E-state index in [0.29, 0.717) is 12.3 Å². The zero-order valence-electron chi connectivity index (χ0n) is 10.5. The lowest BCUT2D eigenvalue weighted by molar-refractivity contribution is 0.316. The highest BCUT2D eigenvalue weighted by atomic mass is 16.4. The van der Waals surface area contributed by atoms with Crippen molar-refractivity contribution in [2.75, 3.05) is 11.9 Å². The number of aryl methyl sites for hydroxylation is 1. The van der Waals surface area contributed by atoms with E-state index in [0.717, 1.165) is 19.4 Å². The second kappa shape index (κ2) is 6.78. The third kappa shape index (κ3) is 4.34. The van der Waals surface area contributed by atoms with Gasteiger partial charge in [0.15, 0.2) is 0 Å². The van der Waals surface area contributed by atoms with Crippen molar-refractivity contribution in [2.24, 2.45) is 10.9 Å². The Bertz CT molecular complexity index is 388. The van der Waals surface area contributed by atoms with Gasteiger partial charge >= 0.3 is 0 Å². The van der Waals surface area contributed by atoms with E-state index in [1.54, 1.807) is 0 Å². The van der Waals surface area contributed by atoms with E-state index in [4.69, 9.17) is 10.9 Å². The summed E-state index contributed by atoms with van der Waals surface area (Å²) in [5.41, 5.74) is 9.17. The first-order chi connectivity index (χ1) is 8.15. The van der Waals surface area contributed by atoms with E-state index in [1.165, 1.54) is 16.8 Å². The van der Waals surface area contributed by atoms with Gasteiger partial charge in [-0.25, -0.2) is 0 Å². The Morgan fingerprint density at radius 3 is 2.82 bits per heavy atom. The molecule has 17 heavy (non-hydrogen) atoms. The molecule has 1 rings (SSSR count). The van der Waals surface area contributed by atoms with Crippen LogP contribution in [0.1, 0.15) is 30.4 Å². The maximum atomic E-state index is 8.38. The van der Waals surface area contributed by atoms with Crippen LogP contribution in [-0.2, 0) is 0 Å². The number of unbranched alkanes of at least 4 members (excludes halogenated alkanes) is 1. The molecule has 0 saturated heterocycles. The van der Waals surface area contributed by atoms with Crippen molar-refractivity contribution < 1.29 is 5.21 Å². The van der Waals surface area contributed by atoms with Crippen LogP contribution in [0.15, 0.2) is 23.4 Å². The standard InChI is InChI=1S/C13H21N3O/c1-10-6-5-7-12(11(10)2)15-9-4-3-8-13(14)16-17/h5-7,15,17H,3-4,8-9H2,1-2H3,(H2,14,16). The average Bonchev–Trinajstić information content (AvgIpc) is 2.33. The van der Waals surface area contributed by atoms with Crippen molar-refractivity contribution >= 4 is 11.5 Å². The third-order valence-corrected chi connectivity index (χ3v) is 2.91. The van der Waals surface area contributed by atoms with E-state index >= 15 is 0 Å². The highest BCUT2D eigenvalue weighted by molar-refractivity contribution is 5.79. The van der Waals surface area contributed by atoms with E-state index in [2.05, 4.69) is 42.5 Å². The van der Waals surface area contributed by atoms with Gasteiger partial charge in [-0.3, -0.25) is 0 Å². The number of hydrogen-bond acceptors (Lipinski definition) is 3. The predicted octanol–water partition coefficient (Wildman–Crippen LogP) is 2.63. The number of oxime groups is 1. The average molecular weight is 235 g/mol. The molecule has 0 aliphatic carbocycles. The van der Waals surface area contributed by atoms with Gasteiger partial charge in [-0.05, 0) is 43.9 Å². The Hall–Kier alpha value is -1.71. The van der Waals surface area contributed by atoms with E-state index < -0.39 is 0 Å².